The van der Waals surface area contributed by atoms with Crippen LogP contribution in [0.25, 0.3) is 0 Å². The van der Waals surface area contributed by atoms with Crippen LogP contribution in [-0.2, 0) is 27.9 Å². The second-order valence-electron chi connectivity index (χ2n) is 16.4. The van der Waals surface area contributed by atoms with Crippen molar-refractivity contribution in [2.24, 2.45) is 0 Å². The summed E-state index contributed by atoms with van der Waals surface area (Å²) in [6.45, 7) is 3.38. The summed E-state index contributed by atoms with van der Waals surface area (Å²) in [4.78, 5) is 22.7. The first-order valence-electron chi connectivity index (χ1n) is 24.9. The van der Waals surface area contributed by atoms with E-state index in [0.717, 1.165) is 89.9 Å². The van der Waals surface area contributed by atoms with E-state index < -0.39 is 39.2 Å². The van der Waals surface area contributed by atoms with Crippen LogP contribution >= 0.6 is 7.82 Å². The number of esters is 1. The molecule has 0 amide bonds. The van der Waals surface area contributed by atoms with Crippen molar-refractivity contribution in [3.05, 3.63) is 72.9 Å². The first kappa shape index (κ1) is 59.9. The van der Waals surface area contributed by atoms with Crippen LogP contribution < -0.4 is 0 Å². The second kappa shape index (κ2) is 48.4. The fourth-order valence-electron chi connectivity index (χ4n) is 6.61. The van der Waals surface area contributed by atoms with Crippen molar-refractivity contribution in [3.63, 3.8) is 0 Å². The molecular weight excluding hydrogens is 800 g/mol. The van der Waals surface area contributed by atoms with E-state index in [2.05, 4.69) is 86.8 Å². The van der Waals surface area contributed by atoms with Crippen LogP contribution in [0.3, 0.4) is 0 Å². The Morgan fingerprint density at radius 2 is 0.919 bits per heavy atom. The number of allylic oxidation sites excluding steroid dienone is 12. The number of hydrogen-bond donors (Lipinski definition) is 3. The first-order chi connectivity index (χ1) is 30.3. The highest BCUT2D eigenvalue weighted by Crippen LogP contribution is 2.43. The van der Waals surface area contributed by atoms with Crippen molar-refractivity contribution in [3.8, 4) is 0 Å². The summed E-state index contributed by atoms with van der Waals surface area (Å²) in [5, 5.41) is 18.4. The quantitative estimate of drug-likeness (QED) is 0.0236. The number of rotatable bonds is 47. The van der Waals surface area contributed by atoms with Gasteiger partial charge in [-0.05, 0) is 83.5 Å². The Morgan fingerprint density at radius 1 is 0.516 bits per heavy atom. The third-order valence-corrected chi connectivity index (χ3v) is 11.3. The molecule has 3 N–H and O–H groups in total. The van der Waals surface area contributed by atoms with Gasteiger partial charge in [0, 0.05) is 13.0 Å². The molecule has 0 saturated carbocycles. The molecule has 0 aliphatic rings. The summed E-state index contributed by atoms with van der Waals surface area (Å²) in [6.07, 6.45) is 58.6. The van der Waals surface area contributed by atoms with Gasteiger partial charge in [-0.25, -0.2) is 4.57 Å². The number of carbonyl (C=O) groups is 1. The number of aliphatic hydroxyl groups excluding tert-OH is 2. The molecule has 0 fully saturated rings. The maximum absolute atomic E-state index is 12.7. The number of aliphatic hydroxyl groups is 2. The molecule has 0 aromatic heterocycles. The van der Waals surface area contributed by atoms with Crippen molar-refractivity contribution < 1.29 is 43.0 Å². The van der Waals surface area contributed by atoms with Crippen molar-refractivity contribution >= 4 is 13.8 Å². The average molecular weight is 893 g/mol. The lowest BCUT2D eigenvalue weighted by Gasteiger charge is -2.20. The van der Waals surface area contributed by atoms with E-state index >= 15 is 0 Å². The lowest BCUT2D eigenvalue weighted by molar-refractivity contribution is -0.154. The maximum Gasteiger partial charge on any atom is 0.472 e. The van der Waals surface area contributed by atoms with E-state index in [9.17, 15) is 19.4 Å². The van der Waals surface area contributed by atoms with E-state index in [0.29, 0.717) is 6.61 Å². The molecule has 0 aliphatic heterocycles. The largest absolute Gasteiger partial charge is 0.472 e. The highest BCUT2D eigenvalue weighted by atomic mass is 31.2. The highest BCUT2D eigenvalue weighted by molar-refractivity contribution is 7.47. The van der Waals surface area contributed by atoms with Gasteiger partial charge in [0.05, 0.1) is 26.4 Å². The summed E-state index contributed by atoms with van der Waals surface area (Å²) in [5.74, 6) is -0.394. The minimum Gasteiger partial charge on any atom is -0.457 e. The molecule has 9 nitrogen and oxygen atoms in total. The van der Waals surface area contributed by atoms with Crippen LogP contribution in [0.4, 0.5) is 0 Å². The minimum atomic E-state index is -4.53. The Balaban J connectivity index is 4.13. The van der Waals surface area contributed by atoms with Gasteiger partial charge in [-0.3, -0.25) is 13.8 Å². The number of phosphoric acid groups is 1. The summed E-state index contributed by atoms with van der Waals surface area (Å²) < 4.78 is 33.5. The zero-order valence-electron chi connectivity index (χ0n) is 39.6. The number of carbonyl (C=O) groups excluding carboxylic acids is 1. The molecule has 0 radical (unpaired) electrons. The van der Waals surface area contributed by atoms with Gasteiger partial charge in [0.15, 0.2) is 0 Å². The van der Waals surface area contributed by atoms with Gasteiger partial charge in [-0.1, -0.05) is 189 Å². The number of unbranched alkanes of at least 4 members (excludes halogenated alkanes) is 21. The van der Waals surface area contributed by atoms with Crippen LogP contribution in [0, 0.1) is 0 Å². The van der Waals surface area contributed by atoms with E-state index in [4.69, 9.17) is 23.6 Å². The van der Waals surface area contributed by atoms with Gasteiger partial charge in [0.25, 0.3) is 0 Å². The van der Waals surface area contributed by atoms with Crippen LogP contribution in [0.5, 0.6) is 0 Å². The van der Waals surface area contributed by atoms with Crippen LogP contribution in [0.15, 0.2) is 72.9 Å². The molecule has 0 heterocycles. The third-order valence-electron chi connectivity index (χ3n) is 10.4. The van der Waals surface area contributed by atoms with Gasteiger partial charge in [0.2, 0.25) is 0 Å². The lowest BCUT2D eigenvalue weighted by atomic mass is 10.1. The van der Waals surface area contributed by atoms with E-state index in [1.54, 1.807) is 0 Å². The monoisotopic (exact) mass is 893 g/mol. The smallest absolute Gasteiger partial charge is 0.457 e. The molecule has 3 unspecified atom stereocenters. The molecule has 10 heteroatoms. The fraction of sp³-hybridized carbons (Fsp3) is 0.750. The fourth-order valence-corrected chi connectivity index (χ4v) is 7.40. The molecule has 0 aromatic carbocycles. The molecule has 3 atom stereocenters. The van der Waals surface area contributed by atoms with Gasteiger partial charge in [-0.15, -0.1) is 0 Å². The SMILES string of the molecule is CC/C=C\C/C=C\C/C=C\CCCCCCCCCCOCC(COP(=O)(O)OCC(O)CO)OC(=O)CCCCCCCCCC/C=C\C/C=C\C/C=C\CCCCCCC. The molecule has 62 heavy (non-hydrogen) atoms. The van der Waals surface area contributed by atoms with Crippen LogP contribution in [-0.4, -0.2) is 66.3 Å². The van der Waals surface area contributed by atoms with Crippen molar-refractivity contribution in [1.82, 2.24) is 0 Å². The molecule has 0 rings (SSSR count). The number of ether oxygens (including phenoxy) is 2. The average Bonchev–Trinajstić information content (AvgIpc) is 3.26. The zero-order chi connectivity index (χ0) is 45.3. The predicted molar refractivity (Wildman–Crippen MR) is 260 cm³/mol. The summed E-state index contributed by atoms with van der Waals surface area (Å²) in [7, 11) is -4.53. The standard InChI is InChI=1S/C52H93O9P/c1-3-5-7-9-11-13-15-17-19-21-23-24-25-26-27-28-30-32-34-36-38-40-42-44-52(55)61-51(49-60-62(56,57)59-47-50(54)46-53)48-58-45-43-41-39-37-35-33-31-29-22-20-18-16-14-12-10-8-6-4-2/h6,8,12,14-15,17-18,20-21,23,25-26,50-51,53-54H,3-5,7,9-11,13,16,19,22,24,27-49H2,1-2H3,(H,56,57)/b8-6-,14-12-,17-15-,20-18-,23-21-,26-25-. The summed E-state index contributed by atoms with van der Waals surface area (Å²) in [6, 6.07) is 0. The summed E-state index contributed by atoms with van der Waals surface area (Å²) in [5.41, 5.74) is 0. The Hall–Kier alpha value is -2.10. The Kier molecular flexibility index (Phi) is 46.7. The Labute approximate surface area is 380 Å². The van der Waals surface area contributed by atoms with Crippen LogP contribution in [0.1, 0.15) is 206 Å². The van der Waals surface area contributed by atoms with Crippen molar-refractivity contribution in [1.29, 1.82) is 0 Å². The molecule has 360 valence electrons. The maximum atomic E-state index is 12.7. The predicted octanol–water partition coefficient (Wildman–Crippen LogP) is 14.5. The molecule has 0 spiro atoms. The van der Waals surface area contributed by atoms with E-state index in [1.165, 1.54) is 96.3 Å². The molecule has 0 aliphatic carbocycles. The third kappa shape index (κ3) is 47.4. The topological polar surface area (TPSA) is 132 Å². The van der Waals surface area contributed by atoms with E-state index in [-0.39, 0.29) is 19.6 Å². The Morgan fingerprint density at radius 3 is 1.39 bits per heavy atom. The molecule has 0 bridgehead atoms. The van der Waals surface area contributed by atoms with Crippen molar-refractivity contribution in [2.45, 2.75) is 219 Å². The Bertz CT molecular complexity index is 1190. The summed E-state index contributed by atoms with van der Waals surface area (Å²) >= 11 is 0. The van der Waals surface area contributed by atoms with Gasteiger partial charge >= 0.3 is 13.8 Å². The van der Waals surface area contributed by atoms with Gasteiger partial charge in [-0.2, -0.15) is 0 Å². The van der Waals surface area contributed by atoms with Crippen molar-refractivity contribution in [2.75, 3.05) is 33.0 Å². The number of phosphoric ester groups is 1. The number of hydrogen-bond acceptors (Lipinski definition) is 8. The normalized spacial score (nSPS) is 14.5. The molecule has 0 aromatic rings. The van der Waals surface area contributed by atoms with Crippen LogP contribution in [0.2, 0.25) is 0 Å². The van der Waals surface area contributed by atoms with E-state index in [1.807, 2.05) is 0 Å². The lowest BCUT2D eigenvalue weighted by Crippen LogP contribution is -2.29. The second-order valence-corrected chi connectivity index (χ2v) is 17.9. The molecular formula is C52H93O9P. The van der Waals surface area contributed by atoms with Gasteiger partial charge < -0.3 is 24.6 Å². The molecule has 0 saturated heterocycles. The van der Waals surface area contributed by atoms with Gasteiger partial charge in [0.1, 0.15) is 12.2 Å². The highest BCUT2D eigenvalue weighted by Gasteiger charge is 2.26. The zero-order valence-corrected chi connectivity index (χ0v) is 40.5. The minimum absolute atomic E-state index is 0.0378. The first-order valence-corrected chi connectivity index (χ1v) is 26.4.